The summed E-state index contributed by atoms with van der Waals surface area (Å²) in [4.78, 5) is 11.1. The van der Waals surface area contributed by atoms with Crippen molar-refractivity contribution in [1.82, 2.24) is 0 Å². The molecule has 1 atom stereocenters. The molecular weight excluding hydrogens is 317 g/mol. The summed E-state index contributed by atoms with van der Waals surface area (Å²) in [6, 6.07) is 4.79. The molecule has 0 radical (unpaired) electrons. The molecule has 6 heteroatoms. The van der Waals surface area contributed by atoms with Gasteiger partial charge in [0.05, 0.1) is 12.1 Å². The Kier molecular flexibility index (Phi) is 6.99. The maximum atomic E-state index is 11.1. The van der Waals surface area contributed by atoms with Gasteiger partial charge in [-0.25, -0.2) is 0 Å². The first-order valence-corrected chi connectivity index (χ1v) is 5.49. The van der Waals surface area contributed by atoms with Gasteiger partial charge < -0.3 is 10.5 Å². The predicted molar refractivity (Wildman–Crippen MR) is 70.1 cm³/mol. The highest BCUT2D eigenvalue weighted by Gasteiger charge is 2.14. The van der Waals surface area contributed by atoms with Gasteiger partial charge in [-0.3, -0.25) is 4.79 Å². The van der Waals surface area contributed by atoms with E-state index < -0.39 is 12.0 Å². The molecule has 0 saturated carbocycles. The number of carbonyl (C=O) groups is 1. The molecule has 0 fully saturated rings. The fourth-order valence-electron chi connectivity index (χ4n) is 1.16. The summed E-state index contributed by atoms with van der Waals surface area (Å²) in [5.41, 5.74) is 6.56. The van der Waals surface area contributed by atoms with E-state index in [2.05, 4.69) is 20.7 Å². The number of hydrogen-bond acceptors (Lipinski definition) is 3. The Labute approximate surface area is 114 Å². The lowest BCUT2D eigenvalue weighted by Crippen LogP contribution is -2.33. The molecule has 0 saturated heterocycles. The van der Waals surface area contributed by atoms with Gasteiger partial charge in [0.15, 0.2) is 0 Å². The molecule has 0 aliphatic carbocycles. The van der Waals surface area contributed by atoms with Crippen LogP contribution in [0.5, 0.6) is 0 Å². The largest absolute Gasteiger partial charge is 0.468 e. The van der Waals surface area contributed by atoms with Crippen LogP contribution < -0.4 is 5.73 Å². The quantitative estimate of drug-likeness (QED) is 0.868. The second-order valence-corrected chi connectivity index (χ2v) is 4.34. The SMILES string of the molecule is COC(=O)C(N)Cc1ccc(Cl)c(Br)c1.Cl. The number of ether oxygens (including phenoxy) is 1. The lowest BCUT2D eigenvalue weighted by molar-refractivity contribution is -0.142. The van der Waals surface area contributed by atoms with Gasteiger partial charge in [-0.05, 0) is 40.0 Å². The van der Waals surface area contributed by atoms with E-state index in [1.165, 1.54) is 7.11 Å². The fourth-order valence-corrected chi connectivity index (χ4v) is 1.70. The molecule has 0 spiro atoms. The summed E-state index contributed by atoms with van der Waals surface area (Å²) in [5, 5.41) is 0.630. The van der Waals surface area contributed by atoms with Crippen molar-refractivity contribution in [3.8, 4) is 0 Å². The minimum atomic E-state index is -0.636. The van der Waals surface area contributed by atoms with E-state index in [1.54, 1.807) is 6.07 Å². The number of nitrogens with two attached hydrogens (primary N) is 1. The lowest BCUT2D eigenvalue weighted by Gasteiger charge is -2.09. The third kappa shape index (κ3) is 4.29. The van der Waals surface area contributed by atoms with Crippen LogP contribution in [0.15, 0.2) is 22.7 Å². The minimum absolute atomic E-state index is 0. The van der Waals surface area contributed by atoms with Crippen LogP contribution in [-0.2, 0) is 16.0 Å². The predicted octanol–water partition coefficient (Wildman–Crippen LogP) is 2.57. The highest BCUT2D eigenvalue weighted by atomic mass is 79.9. The van der Waals surface area contributed by atoms with Gasteiger partial charge in [-0.15, -0.1) is 12.4 Å². The lowest BCUT2D eigenvalue weighted by atomic mass is 10.1. The van der Waals surface area contributed by atoms with Crippen LogP contribution in [0.4, 0.5) is 0 Å². The summed E-state index contributed by atoms with van der Waals surface area (Å²) in [6.45, 7) is 0. The third-order valence-electron chi connectivity index (χ3n) is 1.94. The molecule has 0 aromatic heterocycles. The number of carbonyl (C=O) groups excluding carboxylic acids is 1. The van der Waals surface area contributed by atoms with Crippen LogP contribution in [0.1, 0.15) is 5.56 Å². The molecular formula is C10H12BrCl2NO2. The summed E-state index contributed by atoms with van der Waals surface area (Å²) >= 11 is 9.14. The molecule has 1 aromatic carbocycles. The Morgan fingerprint density at radius 2 is 2.25 bits per heavy atom. The monoisotopic (exact) mass is 327 g/mol. The van der Waals surface area contributed by atoms with Crippen molar-refractivity contribution in [2.75, 3.05) is 7.11 Å². The van der Waals surface area contributed by atoms with E-state index in [9.17, 15) is 4.79 Å². The second kappa shape index (κ2) is 7.12. The summed E-state index contributed by atoms with van der Waals surface area (Å²) in [7, 11) is 1.32. The molecule has 16 heavy (non-hydrogen) atoms. The minimum Gasteiger partial charge on any atom is -0.468 e. The van der Waals surface area contributed by atoms with Crippen LogP contribution in [0, 0.1) is 0 Å². The van der Waals surface area contributed by atoms with E-state index in [-0.39, 0.29) is 12.4 Å². The molecule has 0 aliphatic rings. The van der Waals surface area contributed by atoms with E-state index in [0.29, 0.717) is 11.4 Å². The van der Waals surface area contributed by atoms with Gasteiger partial charge in [0.2, 0.25) is 0 Å². The number of esters is 1. The molecule has 2 N–H and O–H groups in total. The smallest absolute Gasteiger partial charge is 0.322 e. The Hall–Kier alpha value is -0.290. The van der Waals surface area contributed by atoms with Gasteiger partial charge in [-0.2, -0.15) is 0 Å². The molecule has 1 unspecified atom stereocenters. The number of benzene rings is 1. The third-order valence-corrected chi connectivity index (χ3v) is 3.16. The molecule has 0 amide bonds. The van der Waals surface area contributed by atoms with Crippen LogP contribution in [0.25, 0.3) is 0 Å². The summed E-state index contributed by atoms with van der Waals surface area (Å²) in [6.07, 6.45) is 0.433. The molecule has 1 aromatic rings. The van der Waals surface area contributed by atoms with Crippen molar-refractivity contribution in [2.24, 2.45) is 5.73 Å². The van der Waals surface area contributed by atoms with E-state index in [0.717, 1.165) is 10.0 Å². The van der Waals surface area contributed by atoms with Crippen molar-refractivity contribution < 1.29 is 9.53 Å². The average molecular weight is 329 g/mol. The van der Waals surface area contributed by atoms with E-state index in [4.69, 9.17) is 17.3 Å². The van der Waals surface area contributed by atoms with Crippen LogP contribution in [-0.4, -0.2) is 19.1 Å². The zero-order valence-corrected chi connectivity index (χ0v) is 11.7. The first-order chi connectivity index (χ1) is 7.04. The number of hydrogen-bond donors (Lipinski definition) is 1. The maximum Gasteiger partial charge on any atom is 0.322 e. The molecule has 0 heterocycles. The second-order valence-electron chi connectivity index (χ2n) is 3.08. The van der Waals surface area contributed by atoms with Gasteiger partial charge >= 0.3 is 5.97 Å². The zero-order chi connectivity index (χ0) is 11.4. The molecule has 0 aliphatic heterocycles. The van der Waals surface area contributed by atoms with Crippen LogP contribution in [0.3, 0.4) is 0 Å². The van der Waals surface area contributed by atoms with Crippen molar-refractivity contribution in [3.63, 3.8) is 0 Å². The Balaban J connectivity index is 0.00000225. The number of halogens is 3. The van der Waals surface area contributed by atoms with Crippen LogP contribution >= 0.6 is 39.9 Å². The standard InChI is InChI=1S/C10H11BrClNO2.ClH/c1-15-10(14)9(13)5-6-2-3-8(12)7(11)4-6;/h2-4,9H,5,13H2,1H3;1H. The summed E-state index contributed by atoms with van der Waals surface area (Å²) in [5.74, 6) is -0.416. The van der Waals surface area contributed by atoms with Crippen molar-refractivity contribution in [3.05, 3.63) is 33.3 Å². The maximum absolute atomic E-state index is 11.1. The van der Waals surface area contributed by atoms with Gasteiger partial charge in [-0.1, -0.05) is 17.7 Å². The van der Waals surface area contributed by atoms with Gasteiger partial charge in [0.25, 0.3) is 0 Å². The highest BCUT2D eigenvalue weighted by molar-refractivity contribution is 9.10. The molecule has 0 bridgehead atoms. The molecule has 3 nitrogen and oxygen atoms in total. The van der Waals surface area contributed by atoms with Crippen molar-refractivity contribution in [2.45, 2.75) is 12.5 Å². The Bertz CT molecular complexity index is 374. The van der Waals surface area contributed by atoms with E-state index >= 15 is 0 Å². The number of rotatable bonds is 3. The topological polar surface area (TPSA) is 52.3 Å². The molecule has 90 valence electrons. The normalized spacial score (nSPS) is 11.5. The molecule has 1 rings (SSSR count). The Morgan fingerprint density at radius 1 is 1.62 bits per heavy atom. The van der Waals surface area contributed by atoms with Gasteiger partial charge in [0, 0.05) is 4.47 Å². The Morgan fingerprint density at radius 3 is 2.75 bits per heavy atom. The zero-order valence-electron chi connectivity index (χ0n) is 8.57. The number of methoxy groups -OCH3 is 1. The first kappa shape index (κ1) is 15.7. The van der Waals surface area contributed by atoms with Gasteiger partial charge in [0.1, 0.15) is 6.04 Å². The van der Waals surface area contributed by atoms with Crippen LogP contribution in [0.2, 0.25) is 5.02 Å². The highest BCUT2D eigenvalue weighted by Crippen LogP contribution is 2.23. The van der Waals surface area contributed by atoms with Crippen molar-refractivity contribution in [1.29, 1.82) is 0 Å². The van der Waals surface area contributed by atoms with E-state index in [1.807, 2.05) is 12.1 Å². The van der Waals surface area contributed by atoms with Crippen molar-refractivity contribution >= 4 is 45.9 Å². The fraction of sp³-hybridized carbons (Fsp3) is 0.300. The summed E-state index contributed by atoms with van der Waals surface area (Å²) < 4.78 is 5.33. The first-order valence-electron chi connectivity index (χ1n) is 4.32. The average Bonchev–Trinajstić information content (AvgIpc) is 2.22.